The van der Waals surface area contributed by atoms with Gasteiger partial charge in [0.05, 0.1) is 11.3 Å². The fourth-order valence-electron chi connectivity index (χ4n) is 1.91. The van der Waals surface area contributed by atoms with E-state index in [0.717, 1.165) is 17.0 Å². The maximum absolute atomic E-state index is 13.1. The van der Waals surface area contributed by atoms with Gasteiger partial charge in [-0.05, 0) is 41.8 Å². The van der Waals surface area contributed by atoms with Crippen LogP contribution in [0.5, 0.6) is 5.75 Å². The Morgan fingerprint density at radius 1 is 1.19 bits per heavy atom. The Balaban J connectivity index is 2.02. The summed E-state index contributed by atoms with van der Waals surface area (Å²) in [7, 11) is 0. The van der Waals surface area contributed by atoms with E-state index in [1.807, 2.05) is 24.3 Å². The number of rotatable bonds is 5. The Hall–Kier alpha value is -1.81. The molecule has 0 bridgehead atoms. The molecule has 110 valence electrons. The quantitative estimate of drug-likeness (QED) is 0.646. The van der Waals surface area contributed by atoms with Crippen molar-refractivity contribution in [3.05, 3.63) is 59.4 Å². The molecule has 0 atom stereocenters. The molecule has 0 aliphatic heterocycles. The van der Waals surface area contributed by atoms with Crippen LogP contribution in [0.2, 0.25) is 0 Å². The summed E-state index contributed by atoms with van der Waals surface area (Å²) in [6, 6.07) is 11.4. The van der Waals surface area contributed by atoms with Crippen LogP contribution in [0.25, 0.3) is 0 Å². The van der Waals surface area contributed by atoms with Crippen LogP contribution in [-0.4, -0.2) is 16.6 Å². The Kier molecular flexibility index (Phi) is 5.02. The fourth-order valence-corrected chi connectivity index (χ4v) is 2.69. The fraction of sp³-hybridized carbons (Fsp3) is 0.235. The third-order valence-corrected chi connectivity index (χ3v) is 4.19. The highest BCUT2D eigenvalue weighted by Crippen LogP contribution is 2.25. The van der Waals surface area contributed by atoms with Crippen molar-refractivity contribution >= 4 is 17.5 Å². The van der Waals surface area contributed by atoms with Gasteiger partial charge in [-0.25, -0.2) is 4.39 Å². The van der Waals surface area contributed by atoms with Crippen LogP contribution < -0.4 is 0 Å². The molecule has 0 aliphatic carbocycles. The number of ketones is 1. The Labute approximate surface area is 128 Å². The van der Waals surface area contributed by atoms with Gasteiger partial charge in [-0.2, -0.15) is 0 Å². The lowest BCUT2D eigenvalue weighted by Gasteiger charge is -2.07. The summed E-state index contributed by atoms with van der Waals surface area (Å²) in [4.78, 5) is 13.0. The number of carbonyl (C=O) groups is 1. The molecule has 0 amide bonds. The second-order valence-electron chi connectivity index (χ2n) is 5.10. The SMILES string of the molecule is CC(C)c1ccc(SCC(=O)c2cc(F)ccc2O)cc1. The topological polar surface area (TPSA) is 37.3 Å². The van der Waals surface area contributed by atoms with E-state index in [1.165, 1.54) is 23.4 Å². The molecule has 0 heterocycles. The molecule has 0 aliphatic rings. The minimum absolute atomic E-state index is 0.0290. The number of thioether (sulfide) groups is 1. The smallest absolute Gasteiger partial charge is 0.176 e. The van der Waals surface area contributed by atoms with Gasteiger partial charge in [0.15, 0.2) is 5.78 Å². The van der Waals surface area contributed by atoms with Crippen LogP contribution in [0.1, 0.15) is 35.7 Å². The van der Waals surface area contributed by atoms with E-state index in [0.29, 0.717) is 5.92 Å². The van der Waals surface area contributed by atoms with Crippen LogP contribution in [0.15, 0.2) is 47.4 Å². The molecule has 2 nitrogen and oxygen atoms in total. The number of carbonyl (C=O) groups excluding carboxylic acids is 1. The first kappa shape index (κ1) is 15.6. The van der Waals surface area contributed by atoms with Crippen molar-refractivity contribution < 1.29 is 14.3 Å². The zero-order valence-corrected chi connectivity index (χ0v) is 12.8. The largest absolute Gasteiger partial charge is 0.507 e. The first-order valence-corrected chi connectivity index (χ1v) is 7.70. The monoisotopic (exact) mass is 304 g/mol. The Morgan fingerprint density at radius 3 is 2.48 bits per heavy atom. The second kappa shape index (κ2) is 6.76. The number of hydrogen-bond donors (Lipinski definition) is 1. The van der Waals surface area contributed by atoms with Gasteiger partial charge >= 0.3 is 0 Å². The first-order valence-electron chi connectivity index (χ1n) is 6.72. The van der Waals surface area contributed by atoms with Crippen molar-refractivity contribution in [3.63, 3.8) is 0 Å². The van der Waals surface area contributed by atoms with E-state index in [-0.39, 0.29) is 22.8 Å². The lowest BCUT2D eigenvalue weighted by Crippen LogP contribution is -2.03. The van der Waals surface area contributed by atoms with Gasteiger partial charge in [0.2, 0.25) is 0 Å². The minimum atomic E-state index is -0.526. The minimum Gasteiger partial charge on any atom is -0.507 e. The molecule has 0 aromatic heterocycles. The van der Waals surface area contributed by atoms with E-state index in [2.05, 4.69) is 13.8 Å². The molecule has 0 fully saturated rings. The zero-order chi connectivity index (χ0) is 15.4. The predicted octanol–water partition coefficient (Wildman–Crippen LogP) is 4.63. The summed E-state index contributed by atoms with van der Waals surface area (Å²) in [6.45, 7) is 4.25. The zero-order valence-electron chi connectivity index (χ0n) is 12.0. The van der Waals surface area contributed by atoms with Gasteiger partial charge in [-0.1, -0.05) is 26.0 Å². The lowest BCUT2D eigenvalue weighted by atomic mass is 10.0. The summed E-state index contributed by atoms with van der Waals surface area (Å²) < 4.78 is 13.1. The number of phenols is 1. The summed E-state index contributed by atoms with van der Waals surface area (Å²) in [5, 5.41) is 9.60. The van der Waals surface area contributed by atoms with Crippen LogP contribution in [0, 0.1) is 5.82 Å². The Morgan fingerprint density at radius 2 is 1.86 bits per heavy atom. The normalized spacial score (nSPS) is 10.9. The summed E-state index contributed by atoms with van der Waals surface area (Å²) in [6.07, 6.45) is 0. The van der Waals surface area contributed by atoms with Crippen molar-refractivity contribution in [3.8, 4) is 5.75 Å². The summed E-state index contributed by atoms with van der Waals surface area (Å²) >= 11 is 1.38. The molecule has 2 aromatic rings. The third kappa shape index (κ3) is 4.08. The van der Waals surface area contributed by atoms with E-state index < -0.39 is 5.82 Å². The third-order valence-electron chi connectivity index (χ3n) is 3.18. The van der Waals surface area contributed by atoms with Crippen molar-refractivity contribution in [1.29, 1.82) is 0 Å². The molecule has 1 N–H and O–H groups in total. The van der Waals surface area contributed by atoms with Gasteiger partial charge in [-0.3, -0.25) is 4.79 Å². The molecule has 2 rings (SSSR count). The highest BCUT2D eigenvalue weighted by Gasteiger charge is 2.12. The van der Waals surface area contributed by atoms with E-state index >= 15 is 0 Å². The van der Waals surface area contributed by atoms with Gasteiger partial charge < -0.3 is 5.11 Å². The van der Waals surface area contributed by atoms with Gasteiger partial charge in [0, 0.05) is 4.90 Å². The molecule has 0 saturated carbocycles. The average molecular weight is 304 g/mol. The van der Waals surface area contributed by atoms with Crippen LogP contribution in [0.4, 0.5) is 4.39 Å². The predicted molar refractivity (Wildman–Crippen MR) is 83.7 cm³/mol. The standard InChI is InChI=1S/C17H17FO2S/c1-11(2)12-3-6-14(7-4-12)21-10-17(20)15-9-13(18)5-8-16(15)19/h3-9,11,19H,10H2,1-2H3. The van der Waals surface area contributed by atoms with Crippen LogP contribution >= 0.6 is 11.8 Å². The van der Waals surface area contributed by atoms with E-state index in [9.17, 15) is 14.3 Å². The lowest BCUT2D eigenvalue weighted by molar-refractivity contribution is 0.101. The average Bonchev–Trinajstić information content (AvgIpc) is 2.47. The number of Topliss-reactive ketones (excluding diaryl/α,β-unsaturated/α-hetero) is 1. The maximum atomic E-state index is 13.1. The molecule has 0 unspecified atom stereocenters. The second-order valence-corrected chi connectivity index (χ2v) is 6.15. The van der Waals surface area contributed by atoms with Crippen molar-refractivity contribution in [2.75, 3.05) is 5.75 Å². The van der Waals surface area contributed by atoms with Crippen LogP contribution in [0.3, 0.4) is 0 Å². The molecule has 0 radical (unpaired) electrons. The molecule has 0 spiro atoms. The number of phenolic OH excluding ortho intramolecular Hbond substituents is 1. The molecule has 0 saturated heterocycles. The molecular weight excluding hydrogens is 287 g/mol. The Bertz CT molecular complexity index is 636. The molecule has 4 heteroatoms. The summed E-state index contributed by atoms with van der Waals surface area (Å²) in [5.41, 5.74) is 1.27. The van der Waals surface area contributed by atoms with E-state index in [1.54, 1.807) is 0 Å². The molecule has 21 heavy (non-hydrogen) atoms. The van der Waals surface area contributed by atoms with Gasteiger partial charge in [0.1, 0.15) is 11.6 Å². The molecule has 2 aromatic carbocycles. The molecular formula is C17H17FO2S. The van der Waals surface area contributed by atoms with Crippen molar-refractivity contribution in [1.82, 2.24) is 0 Å². The van der Waals surface area contributed by atoms with Crippen LogP contribution in [-0.2, 0) is 0 Å². The number of hydrogen-bond acceptors (Lipinski definition) is 3. The summed E-state index contributed by atoms with van der Waals surface area (Å²) in [5.74, 6) is -0.364. The highest BCUT2D eigenvalue weighted by atomic mass is 32.2. The van der Waals surface area contributed by atoms with Crippen molar-refractivity contribution in [2.24, 2.45) is 0 Å². The van der Waals surface area contributed by atoms with E-state index in [4.69, 9.17) is 0 Å². The number of halogens is 1. The van der Waals surface area contributed by atoms with Gasteiger partial charge in [-0.15, -0.1) is 11.8 Å². The number of aromatic hydroxyl groups is 1. The highest BCUT2D eigenvalue weighted by molar-refractivity contribution is 8.00. The first-order chi connectivity index (χ1) is 9.97. The van der Waals surface area contributed by atoms with Gasteiger partial charge in [0.25, 0.3) is 0 Å². The van der Waals surface area contributed by atoms with Crippen molar-refractivity contribution in [2.45, 2.75) is 24.7 Å². The number of benzene rings is 2. The maximum Gasteiger partial charge on any atom is 0.176 e.